The van der Waals surface area contributed by atoms with Crippen LogP contribution in [0.1, 0.15) is 32.6 Å². The molecule has 1 aromatic carbocycles. The van der Waals surface area contributed by atoms with Gasteiger partial charge in [-0.3, -0.25) is 0 Å². The van der Waals surface area contributed by atoms with E-state index in [0.29, 0.717) is 17.1 Å². The minimum absolute atomic E-state index is 0.506. The fraction of sp³-hybridized carbons (Fsp3) is 0.500. The van der Waals surface area contributed by atoms with Crippen LogP contribution in [-0.4, -0.2) is 11.2 Å². The lowest BCUT2D eigenvalue weighted by Gasteiger charge is -2.30. The summed E-state index contributed by atoms with van der Waals surface area (Å²) in [5, 5.41) is 8.06. The molecule has 0 aromatic heterocycles. The summed E-state index contributed by atoms with van der Waals surface area (Å²) in [4.78, 5) is 0. The topological polar surface area (TPSA) is 24.1 Å². The number of halogens is 1. The quantitative estimate of drug-likeness (QED) is 0.795. The van der Waals surface area contributed by atoms with Crippen LogP contribution < -0.4 is 10.6 Å². The van der Waals surface area contributed by atoms with Gasteiger partial charge in [-0.15, -0.1) is 0 Å². The van der Waals surface area contributed by atoms with Crippen molar-refractivity contribution in [1.29, 1.82) is 0 Å². The van der Waals surface area contributed by atoms with Crippen molar-refractivity contribution < 1.29 is 0 Å². The molecule has 0 radical (unpaired) electrons. The summed E-state index contributed by atoms with van der Waals surface area (Å²) in [5.41, 5.74) is 0.973. The van der Waals surface area contributed by atoms with E-state index < -0.39 is 0 Å². The summed E-state index contributed by atoms with van der Waals surface area (Å²) in [6.07, 6.45) is 5.15. The molecule has 0 bridgehead atoms. The molecule has 98 valence electrons. The third kappa shape index (κ3) is 3.85. The van der Waals surface area contributed by atoms with Gasteiger partial charge >= 0.3 is 0 Å². The van der Waals surface area contributed by atoms with Crippen molar-refractivity contribution in [3.8, 4) is 0 Å². The van der Waals surface area contributed by atoms with Crippen LogP contribution >= 0.6 is 23.8 Å². The monoisotopic (exact) mass is 282 g/mol. The van der Waals surface area contributed by atoms with E-state index in [1.165, 1.54) is 25.7 Å². The standard InChI is InChI=1S/C14H19ClN2S/c1-10-4-2-3-5-13(10)17-14(18)16-12-8-6-11(15)7-9-12/h6-10,13H,2-5H2,1H3,(H2,16,17,18). The highest BCUT2D eigenvalue weighted by Crippen LogP contribution is 2.23. The molecule has 2 atom stereocenters. The smallest absolute Gasteiger partial charge is 0.171 e. The Bertz CT molecular complexity index is 405. The fourth-order valence-corrected chi connectivity index (χ4v) is 2.79. The maximum Gasteiger partial charge on any atom is 0.171 e. The van der Waals surface area contributed by atoms with Gasteiger partial charge in [-0.25, -0.2) is 0 Å². The van der Waals surface area contributed by atoms with Crippen molar-refractivity contribution in [3.63, 3.8) is 0 Å². The maximum atomic E-state index is 5.85. The zero-order valence-corrected chi connectivity index (χ0v) is 12.2. The number of nitrogens with one attached hydrogen (secondary N) is 2. The molecule has 1 fully saturated rings. The van der Waals surface area contributed by atoms with Gasteiger partial charge < -0.3 is 10.6 Å². The summed E-state index contributed by atoms with van der Waals surface area (Å²) in [6, 6.07) is 8.08. The van der Waals surface area contributed by atoms with Gasteiger partial charge in [0.05, 0.1) is 0 Å². The molecule has 0 amide bonds. The van der Waals surface area contributed by atoms with Crippen molar-refractivity contribution in [3.05, 3.63) is 29.3 Å². The van der Waals surface area contributed by atoms with Gasteiger partial charge in [-0.05, 0) is 55.2 Å². The van der Waals surface area contributed by atoms with Crippen LogP contribution in [0.4, 0.5) is 5.69 Å². The van der Waals surface area contributed by atoms with Crippen LogP contribution in [0, 0.1) is 5.92 Å². The Morgan fingerprint density at radius 2 is 1.89 bits per heavy atom. The first-order valence-electron chi connectivity index (χ1n) is 6.48. The normalized spacial score (nSPS) is 23.4. The highest BCUT2D eigenvalue weighted by atomic mass is 35.5. The Hall–Kier alpha value is -0.800. The molecule has 18 heavy (non-hydrogen) atoms. The van der Waals surface area contributed by atoms with Crippen molar-refractivity contribution in [1.82, 2.24) is 5.32 Å². The van der Waals surface area contributed by atoms with Crippen LogP contribution in [-0.2, 0) is 0 Å². The predicted molar refractivity (Wildman–Crippen MR) is 82.2 cm³/mol. The molecule has 1 aliphatic rings. The second-order valence-corrected chi connectivity index (χ2v) is 5.82. The first-order valence-corrected chi connectivity index (χ1v) is 7.27. The molecule has 0 aliphatic heterocycles. The summed E-state index contributed by atoms with van der Waals surface area (Å²) in [6.45, 7) is 2.29. The second kappa shape index (κ2) is 6.39. The van der Waals surface area contributed by atoms with E-state index in [4.69, 9.17) is 23.8 Å². The van der Waals surface area contributed by atoms with Gasteiger partial charge in [0, 0.05) is 16.8 Å². The summed E-state index contributed by atoms with van der Waals surface area (Å²) < 4.78 is 0. The Kier molecular flexibility index (Phi) is 4.84. The van der Waals surface area contributed by atoms with E-state index in [2.05, 4.69) is 17.6 Å². The number of anilines is 1. The lowest BCUT2D eigenvalue weighted by molar-refractivity contribution is 0.309. The molecule has 4 heteroatoms. The first kappa shape index (κ1) is 13.6. The Morgan fingerprint density at radius 1 is 1.22 bits per heavy atom. The second-order valence-electron chi connectivity index (χ2n) is 4.97. The fourth-order valence-electron chi connectivity index (χ4n) is 2.40. The maximum absolute atomic E-state index is 5.85. The number of hydrogen-bond donors (Lipinski definition) is 2. The van der Waals surface area contributed by atoms with Gasteiger partial charge in [-0.1, -0.05) is 31.4 Å². The summed E-state index contributed by atoms with van der Waals surface area (Å²) in [5.74, 6) is 0.698. The minimum atomic E-state index is 0.506. The predicted octanol–water partition coefficient (Wildman–Crippen LogP) is 4.21. The zero-order valence-electron chi connectivity index (χ0n) is 10.6. The van der Waals surface area contributed by atoms with Gasteiger partial charge in [0.1, 0.15) is 0 Å². The van der Waals surface area contributed by atoms with Gasteiger partial charge in [0.15, 0.2) is 5.11 Å². The Labute approximate surface area is 119 Å². The van der Waals surface area contributed by atoms with Crippen molar-refractivity contribution in [2.24, 2.45) is 5.92 Å². The molecular weight excluding hydrogens is 264 g/mol. The van der Waals surface area contributed by atoms with Crippen LogP contribution in [0.2, 0.25) is 5.02 Å². The molecule has 2 N–H and O–H groups in total. The highest BCUT2D eigenvalue weighted by molar-refractivity contribution is 7.80. The van der Waals surface area contributed by atoms with Crippen LogP contribution in [0.15, 0.2) is 24.3 Å². The molecule has 0 heterocycles. The van der Waals surface area contributed by atoms with Gasteiger partial charge in [-0.2, -0.15) is 0 Å². The summed E-state index contributed by atoms with van der Waals surface area (Å²) >= 11 is 11.2. The van der Waals surface area contributed by atoms with Crippen molar-refractivity contribution in [2.75, 3.05) is 5.32 Å². The van der Waals surface area contributed by atoms with Crippen LogP contribution in [0.3, 0.4) is 0 Å². The van der Waals surface area contributed by atoms with E-state index >= 15 is 0 Å². The van der Waals surface area contributed by atoms with Crippen LogP contribution in [0.5, 0.6) is 0 Å². The molecule has 2 unspecified atom stereocenters. The van der Waals surface area contributed by atoms with E-state index in [9.17, 15) is 0 Å². The highest BCUT2D eigenvalue weighted by Gasteiger charge is 2.21. The number of thiocarbonyl (C=S) groups is 1. The van der Waals surface area contributed by atoms with Gasteiger partial charge in [0.25, 0.3) is 0 Å². The van der Waals surface area contributed by atoms with E-state index in [-0.39, 0.29) is 0 Å². The van der Waals surface area contributed by atoms with E-state index in [1.54, 1.807) is 0 Å². The Balaban J connectivity index is 1.86. The minimum Gasteiger partial charge on any atom is -0.359 e. The molecular formula is C14H19ClN2S. The average Bonchev–Trinajstić information content (AvgIpc) is 2.35. The number of benzene rings is 1. The molecule has 1 aromatic rings. The van der Waals surface area contributed by atoms with Crippen molar-refractivity contribution in [2.45, 2.75) is 38.6 Å². The molecule has 0 saturated heterocycles. The van der Waals surface area contributed by atoms with Gasteiger partial charge in [0.2, 0.25) is 0 Å². The Morgan fingerprint density at radius 3 is 2.56 bits per heavy atom. The summed E-state index contributed by atoms with van der Waals surface area (Å²) in [7, 11) is 0. The molecule has 0 spiro atoms. The largest absolute Gasteiger partial charge is 0.359 e. The lowest BCUT2D eigenvalue weighted by atomic mass is 9.86. The molecule has 1 saturated carbocycles. The SMILES string of the molecule is CC1CCCCC1NC(=S)Nc1ccc(Cl)cc1. The number of hydrogen-bond acceptors (Lipinski definition) is 1. The van der Waals surface area contributed by atoms with E-state index in [0.717, 1.165) is 10.7 Å². The molecule has 2 nitrogen and oxygen atoms in total. The van der Waals surface area contributed by atoms with E-state index in [1.807, 2.05) is 24.3 Å². The zero-order chi connectivity index (χ0) is 13.0. The first-order chi connectivity index (χ1) is 8.65. The number of rotatable bonds is 2. The molecule has 1 aliphatic carbocycles. The van der Waals surface area contributed by atoms with Crippen molar-refractivity contribution >= 4 is 34.6 Å². The third-order valence-corrected chi connectivity index (χ3v) is 4.00. The van der Waals surface area contributed by atoms with Crippen LogP contribution in [0.25, 0.3) is 0 Å². The third-order valence-electron chi connectivity index (χ3n) is 3.53. The average molecular weight is 283 g/mol. The molecule has 2 rings (SSSR count). The lowest BCUT2D eigenvalue weighted by Crippen LogP contribution is -2.43.